The van der Waals surface area contributed by atoms with Gasteiger partial charge in [0, 0.05) is 32.3 Å². The lowest BCUT2D eigenvalue weighted by Gasteiger charge is -2.21. The Morgan fingerprint density at radius 1 is 1.18 bits per heavy atom. The summed E-state index contributed by atoms with van der Waals surface area (Å²) in [6, 6.07) is 4.50. The van der Waals surface area contributed by atoms with E-state index in [4.69, 9.17) is 4.74 Å². The van der Waals surface area contributed by atoms with Crippen LogP contribution in [-0.4, -0.2) is 51.6 Å². The first-order chi connectivity index (χ1) is 16.3. The molecule has 1 fully saturated rings. The van der Waals surface area contributed by atoms with Crippen LogP contribution < -0.4 is 10.9 Å². The van der Waals surface area contributed by atoms with Crippen molar-refractivity contribution in [2.45, 2.75) is 25.8 Å². The highest BCUT2D eigenvalue weighted by Gasteiger charge is 2.24. The zero-order valence-electron chi connectivity index (χ0n) is 18.7. The number of aromatic nitrogens is 3. The Hall–Kier alpha value is -3.47. The summed E-state index contributed by atoms with van der Waals surface area (Å²) in [4.78, 5) is 36.0. The number of benzene rings is 1. The fourth-order valence-electron chi connectivity index (χ4n) is 4.01. The van der Waals surface area contributed by atoms with Gasteiger partial charge in [0.25, 0.3) is 17.9 Å². The Morgan fingerprint density at radius 3 is 2.71 bits per heavy atom. The lowest BCUT2D eigenvalue weighted by atomic mass is 10.0. The number of nitrogens with zero attached hydrogens (tertiary/aromatic N) is 4. The topological polar surface area (TPSA) is 89.4 Å². The summed E-state index contributed by atoms with van der Waals surface area (Å²) in [5.74, 6) is -1.18. The first-order valence-corrected chi connectivity index (χ1v) is 10.8. The minimum absolute atomic E-state index is 0.0373. The molecular weight excluding hydrogens is 451 g/mol. The predicted molar refractivity (Wildman–Crippen MR) is 120 cm³/mol. The molecule has 4 rings (SSSR count). The number of rotatable bonds is 5. The van der Waals surface area contributed by atoms with E-state index in [-0.39, 0.29) is 22.6 Å². The summed E-state index contributed by atoms with van der Waals surface area (Å²) >= 11 is 0. The molecule has 0 saturated carbocycles. The molecule has 3 aromatic rings. The molecule has 1 atom stereocenters. The number of halogens is 3. The number of ether oxygens (including phenoxy) is 1. The van der Waals surface area contributed by atoms with Gasteiger partial charge in [-0.3, -0.25) is 14.2 Å². The quantitative estimate of drug-likeness (QED) is 0.608. The van der Waals surface area contributed by atoms with E-state index in [0.717, 1.165) is 6.07 Å². The van der Waals surface area contributed by atoms with Crippen LogP contribution in [0.4, 0.5) is 19.0 Å². The van der Waals surface area contributed by atoms with Gasteiger partial charge in [0.05, 0.1) is 23.6 Å². The SMILES string of the molecule is C[C@@H](Nc1ncnc2c1cc(C(=O)N1CCCOCC1)c(=O)n2C)c1cccc(C(F)F)c1F. The third-order valence-corrected chi connectivity index (χ3v) is 5.86. The average Bonchev–Trinajstić information content (AvgIpc) is 3.11. The van der Waals surface area contributed by atoms with Gasteiger partial charge in [-0.1, -0.05) is 18.2 Å². The van der Waals surface area contributed by atoms with E-state index in [1.807, 2.05) is 0 Å². The van der Waals surface area contributed by atoms with Crippen molar-refractivity contribution in [3.63, 3.8) is 0 Å². The summed E-state index contributed by atoms with van der Waals surface area (Å²) < 4.78 is 47.6. The number of aryl methyl sites for hydroxylation is 1. The largest absolute Gasteiger partial charge is 0.380 e. The standard InChI is InChI=1S/C23H24F3N5O3/c1-13(14-5-3-6-15(18(14)24)19(25)26)29-20-16-11-17(22(32)30(2)21(16)28-12-27-20)23(33)31-7-4-9-34-10-8-31/h3,5-6,11-13,19H,4,7-10H2,1-2H3,(H,27,28,29)/t13-/m1/s1. The molecule has 0 radical (unpaired) electrons. The summed E-state index contributed by atoms with van der Waals surface area (Å²) in [5, 5.41) is 3.39. The number of amides is 1. The molecule has 1 aliphatic heterocycles. The Labute approximate surface area is 193 Å². The van der Waals surface area contributed by atoms with E-state index in [1.54, 1.807) is 11.8 Å². The summed E-state index contributed by atoms with van der Waals surface area (Å²) in [7, 11) is 1.50. The molecular formula is C23H24F3N5O3. The van der Waals surface area contributed by atoms with Crippen LogP contribution >= 0.6 is 0 Å². The molecule has 1 aromatic carbocycles. The normalized spacial score (nSPS) is 15.4. The van der Waals surface area contributed by atoms with Gasteiger partial charge in [0.15, 0.2) is 0 Å². The number of alkyl halides is 2. The van der Waals surface area contributed by atoms with Crippen LogP contribution in [0.3, 0.4) is 0 Å². The number of carbonyl (C=O) groups is 1. The third-order valence-electron chi connectivity index (χ3n) is 5.86. The second kappa shape index (κ2) is 9.80. The molecule has 3 heterocycles. The summed E-state index contributed by atoms with van der Waals surface area (Å²) in [6.07, 6.45) is -1.05. The molecule has 0 aliphatic carbocycles. The first kappa shape index (κ1) is 23.7. The zero-order valence-corrected chi connectivity index (χ0v) is 18.7. The molecule has 0 unspecified atom stereocenters. The fourth-order valence-corrected chi connectivity index (χ4v) is 4.01. The van der Waals surface area contributed by atoms with E-state index < -0.39 is 35.3 Å². The zero-order chi connectivity index (χ0) is 24.4. The van der Waals surface area contributed by atoms with Crippen LogP contribution in [0, 0.1) is 5.82 Å². The third kappa shape index (κ3) is 4.47. The highest BCUT2D eigenvalue weighted by atomic mass is 19.3. The van der Waals surface area contributed by atoms with Crippen LogP contribution in [0.25, 0.3) is 11.0 Å². The van der Waals surface area contributed by atoms with Gasteiger partial charge >= 0.3 is 0 Å². The summed E-state index contributed by atoms with van der Waals surface area (Å²) in [5.41, 5.74) is -0.928. The second-order valence-corrected chi connectivity index (χ2v) is 8.06. The number of pyridine rings is 1. The molecule has 0 bridgehead atoms. The second-order valence-electron chi connectivity index (χ2n) is 8.06. The fraction of sp³-hybridized carbons (Fsp3) is 0.391. The molecule has 180 valence electrons. The van der Waals surface area contributed by atoms with Crippen LogP contribution in [0.2, 0.25) is 0 Å². The maximum atomic E-state index is 14.7. The van der Waals surface area contributed by atoms with E-state index in [0.29, 0.717) is 38.1 Å². The van der Waals surface area contributed by atoms with Gasteiger partial charge < -0.3 is 15.0 Å². The van der Waals surface area contributed by atoms with Gasteiger partial charge in [0.2, 0.25) is 0 Å². The van der Waals surface area contributed by atoms with Crippen molar-refractivity contribution in [3.8, 4) is 0 Å². The Balaban J connectivity index is 1.74. The molecule has 1 saturated heterocycles. The van der Waals surface area contributed by atoms with Crippen LogP contribution in [-0.2, 0) is 11.8 Å². The van der Waals surface area contributed by atoms with E-state index in [2.05, 4.69) is 15.3 Å². The van der Waals surface area contributed by atoms with Crippen molar-refractivity contribution in [2.75, 3.05) is 31.6 Å². The smallest absolute Gasteiger partial charge is 0.266 e. The minimum Gasteiger partial charge on any atom is -0.380 e. The number of hydrogen-bond donors (Lipinski definition) is 1. The monoisotopic (exact) mass is 475 g/mol. The highest BCUT2D eigenvalue weighted by molar-refractivity contribution is 5.99. The van der Waals surface area contributed by atoms with Crippen molar-refractivity contribution in [2.24, 2.45) is 7.05 Å². The van der Waals surface area contributed by atoms with Crippen LogP contribution in [0.5, 0.6) is 0 Å². The lowest BCUT2D eigenvalue weighted by molar-refractivity contribution is 0.0739. The van der Waals surface area contributed by atoms with Gasteiger partial charge in [0.1, 0.15) is 29.2 Å². The Kier molecular flexibility index (Phi) is 6.82. The highest BCUT2D eigenvalue weighted by Crippen LogP contribution is 2.30. The van der Waals surface area contributed by atoms with Crippen molar-refractivity contribution >= 4 is 22.8 Å². The van der Waals surface area contributed by atoms with Gasteiger partial charge in [-0.15, -0.1) is 0 Å². The average molecular weight is 475 g/mol. The minimum atomic E-state index is -2.94. The van der Waals surface area contributed by atoms with Crippen molar-refractivity contribution in [3.05, 3.63) is 63.5 Å². The number of hydrogen-bond acceptors (Lipinski definition) is 6. The van der Waals surface area contributed by atoms with E-state index in [1.165, 1.54) is 36.1 Å². The molecule has 2 aromatic heterocycles. The molecule has 0 spiro atoms. The Bertz CT molecular complexity index is 1270. The van der Waals surface area contributed by atoms with Crippen molar-refractivity contribution in [1.29, 1.82) is 0 Å². The summed E-state index contributed by atoms with van der Waals surface area (Å²) in [6.45, 7) is 3.37. The van der Waals surface area contributed by atoms with E-state index >= 15 is 0 Å². The van der Waals surface area contributed by atoms with Gasteiger partial charge in [-0.2, -0.15) is 0 Å². The maximum Gasteiger partial charge on any atom is 0.266 e. The van der Waals surface area contributed by atoms with Crippen molar-refractivity contribution in [1.82, 2.24) is 19.4 Å². The number of carbonyl (C=O) groups excluding carboxylic acids is 1. The molecule has 1 N–H and O–H groups in total. The molecule has 1 amide bonds. The van der Waals surface area contributed by atoms with Crippen molar-refractivity contribution < 1.29 is 22.7 Å². The number of fused-ring (bicyclic) bond motifs is 1. The van der Waals surface area contributed by atoms with E-state index in [9.17, 15) is 22.8 Å². The number of nitrogens with one attached hydrogen (secondary N) is 1. The van der Waals surface area contributed by atoms with Gasteiger partial charge in [-0.05, 0) is 19.4 Å². The van der Waals surface area contributed by atoms with Crippen LogP contribution in [0.1, 0.15) is 47.3 Å². The van der Waals surface area contributed by atoms with Crippen LogP contribution in [0.15, 0.2) is 35.4 Å². The first-order valence-electron chi connectivity index (χ1n) is 10.8. The molecule has 8 nitrogen and oxygen atoms in total. The molecule has 1 aliphatic rings. The van der Waals surface area contributed by atoms with Gasteiger partial charge in [-0.25, -0.2) is 23.1 Å². The molecule has 34 heavy (non-hydrogen) atoms. The predicted octanol–water partition coefficient (Wildman–Crippen LogP) is 3.44. The lowest BCUT2D eigenvalue weighted by Crippen LogP contribution is -2.38. The number of anilines is 1. The molecule has 11 heteroatoms. The Morgan fingerprint density at radius 2 is 1.94 bits per heavy atom. The maximum absolute atomic E-state index is 14.7.